The topological polar surface area (TPSA) is 38.8 Å². The number of ether oxygens (including phenoxy) is 2. The van der Waals surface area contributed by atoms with E-state index in [4.69, 9.17) is 9.47 Å². The highest BCUT2D eigenvalue weighted by Gasteiger charge is 2.50. The molecule has 0 aliphatic carbocycles. The number of alkyl halides is 1. The van der Waals surface area contributed by atoms with Crippen LogP contribution in [0.25, 0.3) is 0 Å². The number of carbonyl (C=O) groups is 1. The highest BCUT2D eigenvalue weighted by Crippen LogP contribution is 2.39. The van der Waals surface area contributed by atoms with E-state index in [1.165, 1.54) is 4.90 Å². The summed E-state index contributed by atoms with van der Waals surface area (Å²) in [6.45, 7) is 1.58. The lowest BCUT2D eigenvalue weighted by molar-refractivity contribution is -0.0752. The molecule has 2 aromatic rings. The zero-order valence-corrected chi connectivity index (χ0v) is 13.0. The summed E-state index contributed by atoms with van der Waals surface area (Å²) < 4.78 is 25.4. The summed E-state index contributed by atoms with van der Waals surface area (Å²) in [4.78, 5) is 13.4. The van der Waals surface area contributed by atoms with Crippen LogP contribution in [0.3, 0.4) is 0 Å². The maximum atomic E-state index is 15.2. The Kier molecular flexibility index (Phi) is 3.94. The standard InChI is InChI=1S/C18H18FNO3/c1-13(14-6-4-3-5-7-14)18(19)12-20(17(21)23-18)15-8-10-16(22-2)11-9-15/h3-11,13H,12H2,1-2H3. The number of anilines is 1. The molecule has 23 heavy (non-hydrogen) atoms. The van der Waals surface area contributed by atoms with E-state index < -0.39 is 17.9 Å². The average Bonchev–Trinajstić information content (AvgIpc) is 2.91. The van der Waals surface area contributed by atoms with E-state index in [1.54, 1.807) is 38.3 Å². The lowest BCUT2D eigenvalue weighted by Gasteiger charge is -2.25. The summed E-state index contributed by atoms with van der Waals surface area (Å²) in [5.74, 6) is -1.94. The number of cyclic esters (lactones) is 1. The molecule has 1 fully saturated rings. The summed E-state index contributed by atoms with van der Waals surface area (Å²) in [5.41, 5.74) is 1.37. The molecule has 4 nitrogen and oxygen atoms in total. The molecule has 0 bridgehead atoms. The lowest BCUT2D eigenvalue weighted by atomic mass is 9.93. The van der Waals surface area contributed by atoms with Crippen LogP contribution in [0.15, 0.2) is 54.6 Å². The molecule has 2 aromatic carbocycles. The minimum Gasteiger partial charge on any atom is -0.497 e. The Bertz CT molecular complexity index is 689. The molecule has 1 aliphatic rings. The summed E-state index contributed by atoms with van der Waals surface area (Å²) in [6.07, 6.45) is -0.680. The SMILES string of the molecule is COc1ccc(N2CC(F)(C(C)c3ccccc3)OC2=O)cc1. The van der Waals surface area contributed by atoms with E-state index in [9.17, 15) is 4.79 Å². The van der Waals surface area contributed by atoms with Crippen LogP contribution in [0.5, 0.6) is 5.75 Å². The molecule has 0 spiro atoms. The van der Waals surface area contributed by atoms with Gasteiger partial charge < -0.3 is 9.47 Å². The predicted molar refractivity (Wildman–Crippen MR) is 85.5 cm³/mol. The Labute approximate surface area is 134 Å². The van der Waals surface area contributed by atoms with Gasteiger partial charge in [-0.2, -0.15) is 4.39 Å². The molecule has 1 amide bonds. The molecule has 0 radical (unpaired) electrons. The summed E-state index contributed by atoms with van der Waals surface area (Å²) in [6, 6.07) is 16.1. The number of amides is 1. The summed E-state index contributed by atoms with van der Waals surface area (Å²) in [5, 5.41) is 0. The van der Waals surface area contributed by atoms with Crippen LogP contribution in [0.2, 0.25) is 0 Å². The van der Waals surface area contributed by atoms with Crippen molar-refractivity contribution in [3.63, 3.8) is 0 Å². The molecule has 5 heteroatoms. The molecule has 1 aliphatic heterocycles. The van der Waals surface area contributed by atoms with E-state index in [-0.39, 0.29) is 6.54 Å². The molecule has 0 N–H and O–H groups in total. The fourth-order valence-corrected chi connectivity index (χ4v) is 2.69. The van der Waals surface area contributed by atoms with Gasteiger partial charge in [0, 0.05) is 5.69 Å². The molecule has 3 rings (SSSR count). The molecule has 1 heterocycles. The van der Waals surface area contributed by atoms with E-state index >= 15 is 4.39 Å². The van der Waals surface area contributed by atoms with Gasteiger partial charge in [-0.15, -0.1) is 0 Å². The maximum Gasteiger partial charge on any atom is 0.417 e. The number of hydrogen-bond donors (Lipinski definition) is 0. The zero-order chi connectivity index (χ0) is 16.4. The van der Waals surface area contributed by atoms with Crippen molar-refractivity contribution in [2.45, 2.75) is 18.7 Å². The van der Waals surface area contributed by atoms with Crippen molar-refractivity contribution in [2.24, 2.45) is 0 Å². The van der Waals surface area contributed by atoms with Gasteiger partial charge in [-0.25, -0.2) is 4.79 Å². The second-order valence-corrected chi connectivity index (χ2v) is 5.57. The van der Waals surface area contributed by atoms with Crippen LogP contribution in [-0.2, 0) is 4.74 Å². The normalized spacial score (nSPS) is 21.9. The first kappa shape index (κ1) is 15.3. The fraction of sp³-hybridized carbons (Fsp3) is 0.278. The first-order valence-electron chi connectivity index (χ1n) is 7.42. The Balaban J connectivity index is 1.83. The Morgan fingerprint density at radius 2 is 1.83 bits per heavy atom. The van der Waals surface area contributed by atoms with Crippen LogP contribution in [0.1, 0.15) is 18.4 Å². The minimum atomic E-state index is -2.06. The van der Waals surface area contributed by atoms with Gasteiger partial charge >= 0.3 is 6.09 Å². The first-order valence-corrected chi connectivity index (χ1v) is 7.42. The van der Waals surface area contributed by atoms with Crippen LogP contribution in [-0.4, -0.2) is 25.6 Å². The maximum absolute atomic E-state index is 15.2. The highest BCUT2D eigenvalue weighted by atomic mass is 19.2. The number of halogens is 1. The zero-order valence-electron chi connectivity index (χ0n) is 13.0. The predicted octanol–water partition coefficient (Wildman–Crippen LogP) is 4.12. The molecule has 0 aromatic heterocycles. The van der Waals surface area contributed by atoms with Gasteiger partial charge in [-0.05, 0) is 29.8 Å². The van der Waals surface area contributed by atoms with Crippen molar-refractivity contribution >= 4 is 11.8 Å². The fourth-order valence-electron chi connectivity index (χ4n) is 2.69. The molecule has 1 saturated heterocycles. The Morgan fingerprint density at radius 3 is 2.43 bits per heavy atom. The molecular weight excluding hydrogens is 297 g/mol. The van der Waals surface area contributed by atoms with Gasteiger partial charge in [0.2, 0.25) is 0 Å². The average molecular weight is 315 g/mol. The van der Waals surface area contributed by atoms with E-state index in [2.05, 4.69) is 0 Å². The largest absolute Gasteiger partial charge is 0.497 e. The van der Waals surface area contributed by atoms with Crippen LogP contribution in [0, 0.1) is 0 Å². The Hall–Kier alpha value is -2.56. The van der Waals surface area contributed by atoms with Crippen LogP contribution in [0.4, 0.5) is 14.9 Å². The van der Waals surface area contributed by atoms with Crippen molar-refractivity contribution in [1.29, 1.82) is 0 Å². The number of hydrogen-bond acceptors (Lipinski definition) is 3. The van der Waals surface area contributed by atoms with Crippen molar-refractivity contribution < 1.29 is 18.7 Å². The summed E-state index contributed by atoms with van der Waals surface area (Å²) in [7, 11) is 1.56. The third kappa shape index (κ3) is 2.86. The molecule has 2 unspecified atom stereocenters. The van der Waals surface area contributed by atoms with Gasteiger partial charge in [0.1, 0.15) is 12.3 Å². The molecule has 120 valence electrons. The van der Waals surface area contributed by atoms with Gasteiger partial charge in [0.25, 0.3) is 5.85 Å². The van der Waals surface area contributed by atoms with E-state index in [1.807, 2.05) is 30.3 Å². The third-order valence-electron chi connectivity index (χ3n) is 4.18. The van der Waals surface area contributed by atoms with Crippen molar-refractivity contribution in [3.05, 3.63) is 60.2 Å². The third-order valence-corrected chi connectivity index (χ3v) is 4.18. The number of nitrogens with zero attached hydrogens (tertiary/aromatic N) is 1. The molecular formula is C18H18FNO3. The van der Waals surface area contributed by atoms with Crippen molar-refractivity contribution in [3.8, 4) is 5.75 Å². The monoisotopic (exact) mass is 315 g/mol. The van der Waals surface area contributed by atoms with Crippen LogP contribution < -0.4 is 9.64 Å². The lowest BCUT2D eigenvalue weighted by Crippen LogP contribution is -2.35. The van der Waals surface area contributed by atoms with Gasteiger partial charge in [-0.1, -0.05) is 37.3 Å². The smallest absolute Gasteiger partial charge is 0.417 e. The van der Waals surface area contributed by atoms with E-state index in [0.29, 0.717) is 11.4 Å². The van der Waals surface area contributed by atoms with E-state index in [0.717, 1.165) is 5.56 Å². The second kappa shape index (κ2) is 5.91. The molecule has 0 saturated carbocycles. The summed E-state index contributed by atoms with van der Waals surface area (Å²) >= 11 is 0. The van der Waals surface area contributed by atoms with Gasteiger partial charge in [0.05, 0.1) is 13.0 Å². The van der Waals surface area contributed by atoms with Gasteiger partial charge in [-0.3, -0.25) is 4.90 Å². The van der Waals surface area contributed by atoms with Crippen molar-refractivity contribution in [1.82, 2.24) is 0 Å². The number of methoxy groups -OCH3 is 1. The highest BCUT2D eigenvalue weighted by molar-refractivity contribution is 5.90. The first-order chi connectivity index (χ1) is 11.0. The second-order valence-electron chi connectivity index (χ2n) is 5.57. The minimum absolute atomic E-state index is 0.145. The quantitative estimate of drug-likeness (QED) is 0.852. The van der Waals surface area contributed by atoms with Crippen LogP contribution >= 0.6 is 0 Å². The number of rotatable bonds is 4. The molecule has 2 atom stereocenters. The number of benzene rings is 2. The Morgan fingerprint density at radius 1 is 1.17 bits per heavy atom. The van der Waals surface area contributed by atoms with Crippen molar-refractivity contribution in [2.75, 3.05) is 18.6 Å². The van der Waals surface area contributed by atoms with Gasteiger partial charge in [0.15, 0.2) is 0 Å². The number of carbonyl (C=O) groups excluding carboxylic acids is 1.